The van der Waals surface area contributed by atoms with Gasteiger partial charge in [0, 0.05) is 31.0 Å². The topological polar surface area (TPSA) is 90.5 Å². The lowest BCUT2D eigenvalue weighted by Crippen LogP contribution is -2.40. The number of aliphatic carboxylic acids is 1. The number of H-pyrrole nitrogens is 1. The van der Waals surface area contributed by atoms with Gasteiger partial charge in [0.1, 0.15) is 5.82 Å². The van der Waals surface area contributed by atoms with E-state index >= 15 is 0 Å². The van der Waals surface area contributed by atoms with Crippen molar-refractivity contribution in [3.8, 4) is 0 Å². The standard InChI is InChI=1S/C18H19FN2O4/c19-12-4-5-13-14(9-16(22)20-15(13)8-12)18(25)21-7-1-2-11(10-21)3-6-17(23)24/h4-5,8-9,11H,1-3,6-7,10H2,(H,20,22)(H,23,24). The molecule has 2 heterocycles. The molecule has 1 aromatic carbocycles. The van der Waals surface area contributed by atoms with E-state index in [-0.39, 0.29) is 29.3 Å². The van der Waals surface area contributed by atoms with E-state index < -0.39 is 17.3 Å². The summed E-state index contributed by atoms with van der Waals surface area (Å²) in [4.78, 5) is 39.7. The number of halogens is 1. The van der Waals surface area contributed by atoms with Crippen LogP contribution in [0.2, 0.25) is 0 Å². The number of fused-ring (bicyclic) bond motifs is 1. The summed E-state index contributed by atoms with van der Waals surface area (Å²) in [5.41, 5.74) is 0.0776. The first kappa shape index (κ1) is 17.1. The van der Waals surface area contributed by atoms with Crippen LogP contribution in [0.4, 0.5) is 4.39 Å². The Hall–Kier alpha value is -2.70. The Kier molecular flexibility index (Phi) is 4.83. The van der Waals surface area contributed by atoms with E-state index in [1.54, 1.807) is 4.90 Å². The predicted octanol–water partition coefficient (Wildman–Crippen LogP) is 2.38. The minimum absolute atomic E-state index is 0.0832. The molecule has 1 aliphatic rings. The van der Waals surface area contributed by atoms with E-state index in [1.165, 1.54) is 24.3 Å². The third kappa shape index (κ3) is 3.87. The van der Waals surface area contributed by atoms with Crippen LogP contribution in [0, 0.1) is 11.7 Å². The van der Waals surface area contributed by atoms with Gasteiger partial charge in [-0.25, -0.2) is 4.39 Å². The number of carboxylic acids is 1. The van der Waals surface area contributed by atoms with E-state index in [9.17, 15) is 18.8 Å². The molecule has 1 aliphatic heterocycles. The summed E-state index contributed by atoms with van der Waals surface area (Å²) >= 11 is 0. The number of hydrogen-bond donors (Lipinski definition) is 2. The van der Waals surface area contributed by atoms with Crippen molar-refractivity contribution in [1.82, 2.24) is 9.88 Å². The van der Waals surface area contributed by atoms with Crippen LogP contribution in [0.15, 0.2) is 29.1 Å². The third-order valence-corrected chi connectivity index (χ3v) is 4.61. The number of piperidine rings is 1. The molecule has 0 bridgehead atoms. The second-order valence-electron chi connectivity index (χ2n) is 6.43. The molecule has 132 valence electrons. The molecule has 1 amide bonds. The fourth-order valence-corrected chi connectivity index (χ4v) is 3.39. The van der Waals surface area contributed by atoms with E-state index in [4.69, 9.17) is 5.11 Å². The number of carboxylic acid groups (broad SMARTS) is 1. The summed E-state index contributed by atoms with van der Waals surface area (Å²) in [7, 11) is 0. The molecule has 1 aromatic heterocycles. The van der Waals surface area contributed by atoms with Gasteiger partial charge in [-0.05, 0) is 43.4 Å². The summed E-state index contributed by atoms with van der Waals surface area (Å²) in [6.45, 7) is 1.04. The fraction of sp³-hybridized carbons (Fsp3) is 0.389. The predicted molar refractivity (Wildman–Crippen MR) is 90.0 cm³/mol. The van der Waals surface area contributed by atoms with Gasteiger partial charge in [-0.15, -0.1) is 0 Å². The van der Waals surface area contributed by atoms with Crippen molar-refractivity contribution in [3.63, 3.8) is 0 Å². The lowest BCUT2D eigenvalue weighted by molar-refractivity contribution is -0.137. The van der Waals surface area contributed by atoms with Crippen molar-refractivity contribution in [2.45, 2.75) is 25.7 Å². The Bertz CT molecular complexity index is 877. The average Bonchev–Trinajstić information content (AvgIpc) is 2.58. The van der Waals surface area contributed by atoms with Gasteiger partial charge in [-0.3, -0.25) is 14.4 Å². The normalized spacial score (nSPS) is 17.6. The molecule has 3 rings (SSSR count). The van der Waals surface area contributed by atoms with Gasteiger partial charge < -0.3 is 15.0 Å². The summed E-state index contributed by atoms with van der Waals surface area (Å²) in [6, 6.07) is 5.17. The van der Waals surface area contributed by atoms with E-state index in [2.05, 4.69) is 4.98 Å². The first-order valence-corrected chi connectivity index (χ1v) is 8.27. The molecule has 0 spiro atoms. The van der Waals surface area contributed by atoms with Crippen molar-refractivity contribution in [1.29, 1.82) is 0 Å². The quantitative estimate of drug-likeness (QED) is 0.889. The van der Waals surface area contributed by atoms with Crippen molar-refractivity contribution < 1.29 is 19.1 Å². The molecule has 0 radical (unpaired) electrons. The molecule has 1 atom stereocenters. The molecule has 7 heteroatoms. The zero-order chi connectivity index (χ0) is 18.0. The smallest absolute Gasteiger partial charge is 0.303 e. The lowest BCUT2D eigenvalue weighted by Gasteiger charge is -2.33. The number of pyridine rings is 1. The minimum atomic E-state index is -0.842. The Balaban J connectivity index is 1.86. The van der Waals surface area contributed by atoms with Gasteiger partial charge in [0.15, 0.2) is 0 Å². The molecule has 0 saturated carbocycles. The number of rotatable bonds is 4. The molecule has 1 unspecified atom stereocenters. The molecule has 1 fully saturated rings. The average molecular weight is 346 g/mol. The first-order chi connectivity index (χ1) is 11.9. The van der Waals surface area contributed by atoms with Crippen LogP contribution in [0.1, 0.15) is 36.0 Å². The largest absolute Gasteiger partial charge is 0.481 e. The second kappa shape index (κ2) is 7.04. The van der Waals surface area contributed by atoms with Gasteiger partial charge in [0.2, 0.25) is 5.56 Å². The molecular weight excluding hydrogens is 327 g/mol. The van der Waals surface area contributed by atoms with Crippen LogP contribution in [-0.2, 0) is 4.79 Å². The summed E-state index contributed by atoms with van der Waals surface area (Å²) in [5, 5.41) is 9.32. The Morgan fingerprint density at radius 2 is 2.12 bits per heavy atom. The highest BCUT2D eigenvalue weighted by molar-refractivity contribution is 6.06. The Labute approximate surface area is 143 Å². The second-order valence-corrected chi connectivity index (χ2v) is 6.43. The van der Waals surface area contributed by atoms with E-state index in [0.29, 0.717) is 24.9 Å². The number of nitrogens with zero attached hydrogens (tertiary/aromatic N) is 1. The maximum Gasteiger partial charge on any atom is 0.303 e. The molecule has 2 N–H and O–H groups in total. The van der Waals surface area contributed by atoms with Crippen LogP contribution in [0.5, 0.6) is 0 Å². The molecule has 25 heavy (non-hydrogen) atoms. The molecule has 1 saturated heterocycles. The van der Waals surface area contributed by atoms with Gasteiger partial charge in [-0.1, -0.05) is 0 Å². The zero-order valence-corrected chi connectivity index (χ0v) is 13.6. The number of aromatic amines is 1. The summed E-state index contributed by atoms with van der Waals surface area (Å²) in [6.07, 6.45) is 2.30. The number of benzene rings is 1. The summed E-state index contributed by atoms with van der Waals surface area (Å²) in [5.74, 6) is -1.47. The molecule has 0 aliphatic carbocycles. The monoisotopic (exact) mass is 346 g/mol. The lowest BCUT2D eigenvalue weighted by atomic mass is 9.93. The highest BCUT2D eigenvalue weighted by Crippen LogP contribution is 2.24. The number of carbonyl (C=O) groups excluding carboxylic acids is 1. The van der Waals surface area contributed by atoms with Gasteiger partial charge in [-0.2, -0.15) is 0 Å². The number of aromatic nitrogens is 1. The van der Waals surface area contributed by atoms with Crippen molar-refractivity contribution in [3.05, 3.63) is 46.0 Å². The maximum absolute atomic E-state index is 13.4. The highest BCUT2D eigenvalue weighted by Gasteiger charge is 2.26. The van der Waals surface area contributed by atoms with Crippen molar-refractivity contribution in [2.24, 2.45) is 5.92 Å². The van der Waals surface area contributed by atoms with Crippen LogP contribution >= 0.6 is 0 Å². The minimum Gasteiger partial charge on any atom is -0.481 e. The van der Waals surface area contributed by atoms with Gasteiger partial charge in [0.25, 0.3) is 5.91 Å². The Morgan fingerprint density at radius 1 is 1.32 bits per heavy atom. The summed E-state index contributed by atoms with van der Waals surface area (Å²) < 4.78 is 13.4. The zero-order valence-electron chi connectivity index (χ0n) is 13.6. The van der Waals surface area contributed by atoms with Gasteiger partial charge >= 0.3 is 5.97 Å². The molecule has 2 aromatic rings. The number of carbonyl (C=O) groups is 2. The Morgan fingerprint density at radius 3 is 2.88 bits per heavy atom. The SMILES string of the molecule is O=C(O)CCC1CCCN(C(=O)c2cc(=O)[nH]c3cc(F)ccc23)C1. The highest BCUT2D eigenvalue weighted by atomic mass is 19.1. The van der Waals surface area contributed by atoms with Gasteiger partial charge in [0.05, 0.1) is 11.1 Å². The maximum atomic E-state index is 13.4. The first-order valence-electron chi connectivity index (χ1n) is 8.27. The van der Waals surface area contributed by atoms with Crippen LogP contribution in [-0.4, -0.2) is 40.0 Å². The third-order valence-electron chi connectivity index (χ3n) is 4.61. The number of amides is 1. The fourth-order valence-electron chi connectivity index (χ4n) is 3.39. The van der Waals surface area contributed by atoms with E-state index in [0.717, 1.165) is 12.8 Å². The van der Waals surface area contributed by atoms with Crippen LogP contribution in [0.3, 0.4) is 0 Å². The number of nitrogens with one attached hydrogen (secondary N) is 1. The van der Waals surface area contributed by atoms with Crippen LogP contribution in [0.25, 0.3) is 10.9 Å². The van der Waals surface area contributed by atoms with Crippen molar-refractivity contribution >= 4 is 22.8 Å². The van der Waals surface area contributed by atoms with E-state index in [1.807, 2.05) is 0 Å². The molecular formula is C18H19FN2O4. The van der Waals surface area contributed by atoms with Crippen molar-refractivity contribution in [2.75, 3.05) is 13.1 Å². The number of likely N-dealkylation sites (tertiary alicyclic amines) is 1. The number of hydrogen-bond acceptors (Lipinski definition) is 3. The van der Waals surface area contributed by atoms with Crippen LogP contribution < -0.4 is 5.56 Å². The molecule has 6 nitrogen and oxygen atoms in total.